The standard InChI is InChI=1S/C11H19N5O/c1-8-7-17-5-4-10(8)16-11(13-14-15-16)6-12-9-2-3-9/h8-10,12H,2-7H2,1H3. The van der Waals surface area contributed by atoms with Crippen molar-refractivity contribution in [3.8, 4) is 0 Å². The Hall–Kier alpha value is -1.01. The highest BCUT2D eigenvalue weighted by Gasteiger charge is 2.27. The Bertz CT molecular complexity index is 376. The van der Waals surface area contributed by atoms with Gasteiger partial charge in [0, 0.05) is 18.6 Å². The van der Waals surface area contributed by atoms with Gasteiger partial charge in [-0.1, -0.05) is 6.92 Å². The first-order valence-electron chi connectivity index (χ1n) is 6.42. The molecule has 0 amide bonds. The zero-order chi connectivity index (χ0) is 11.7. The summed E-state index contributed by atoms with van der Waals surface area (Å²) in [7, 11) is 0. The van der Waals surface area contributed by atoms with Crippen LogP contribution >= 0.6 is 0 Å². The fourth-order valence-electron chi connectivity index (χ4n) is 2.34. The Kier molecular flexibility index (Phi) is 3.07. The van der Waals surface area contributed by atoms with Gasteiger partial charge in [0.25, 0.3) is 0 Å². The largest absolute Gasteiger partial charge is 0.381 e. The SMILES string of the molecule is CC1COCCC1n1nnnc1CNC1CC1. The summed E-state index contributed by atoms with van der Waals surface area (Å²) in [6.07, 6.45) is 3.58. The van der Waals surface area contributed by atoms with Crippen molar-refractivity contribution in [1.29, 1.82) is 0 Å². The smallest absolute Gasteiger partial charge is 0.165 e. The van der Waals surface area contributed by atoms with Crippen LogP contribution in [0.25, 0.3) is 0 Å². The molecule has 2 unspecified atom stereocenters. The third-order valence-corrected chi connectivity index (χ3v) is 3.60. The Morgan fingerprint density at radius 1 is 1.41 bits per heavy atom. The number of hydrogen-bond acceptors (Lipinski definition) is 5. The topological polar surface area (TPSA) is 64.9 Å². The van der Waals surface area contributed by atoms with E-state index in [1.165, 1.54) is 12.8 Å². The zero-order valence-electron chi connectivity index (χ0n) is 10.2. The second kappa shape index (κ2) is 4.70. The molecule has 17 heavy (non-hydrogen) atoms. The highest BCUT2D eigenvalue weighted by Crippen LogP contribution is 2.26. The van der Waals surface area contributed by atoms with Gasteiger partial charge in [-0.15, -0.1) is 5.10 Å². The molecule has 2 fully saturated rings. The molecular formula is C11H19N5O. The number of aromatic nitrogens is 4. The van der Waals surface area contributed by atoms with Crippen LogP contribution in [-0.2, 0) is 11.3 Å². The molecule has 1 aliphatic carbocycles. The summed E-state index contributed by atoms with van der Waals surface area (Å²) in [6.45, 7) is 4.59. The van der Waals surface area contributed by atoms with Gasteiger partial charge in [0.1, 0.15) is 0 Å². The second-order valence-corrected chi connectivity index (χ2v) is 5.10. The van der Waals surface area contributed by atoms with Gasteiger partial charge < -0.3 is 10.1 Å². The number of hydrogen-bond donors (Lipinski definition) is 1. The van der Waals surface area contributed by atoms with Gasteiger partial charge in [0.05, 0.1) is 19.2 Å². The molecule has 1 aromatic rings. The molecule has 2 aliphatic rings. The average molecular weight is 237 g/mol. The van der Waals surface area contributed by atoms with Crippen molar-refractivity contribution >= 4 is 0 Å². The van der Waals surface area contributed by atoms with Gasteiger partial charge in [-0.2, -0.15) is 0 Å². The van der Waals surface area contributed by atoms with E-state index in [0.717, 1.165) is 32.0 Å². The average Bonchev–Trinajstić information content (AvgIpc) is 3.06. The fraction of sp³-hybridized carbons (Fsp3) is 0.909. The van der Waals surface area contributed by atoms with E-state index >= 15 is 0 Å². The van der Waals surface area contributed by atoms with E-state index in [1.807, 2.05) is 4.68 Å². The van der Waals surface area contributed by atoms with Crippen molar-refractivity contribution in [3.05, 3.63) is 5.82 Å². The zero-order valence-corrected chi connectivity index (χ0v) is 10.2. The normalized spacial score (nSPS) is 29.5. The predicted molar refractivity (Wildman–Crippen MR) is 61.3 cm³/mol. The number of nitrogens with zero attached hydrogens (tertiary/aromatic N) is 4. The molecule has 0 bridgehead atoms. The first-order chi connectivity index (χ1) is 8.34. The quantitative estimate of drug-likeness (QED) is 0.827. The van der Waals surface area contributed by atoms with E-state index < -0.39 is 0 Å². The highest BCUT2D eigenvalue weighted by atomic mass is 16.5. The van der Waals surface area contributed by atoms with Crippen molar-refractivity contribution in [3.63, 3.8) is 0 Å². The van der Waals surface area contributed by atoms with Crippen molar-refractivity contribution in [2.75, 3.05) is 13.2 Å². The van der Waals surface area contributed by atoms with Gasteiger partial charge in [-0.25, -0.2) is 4.68 Å². The third-order valence-electron chi connectivity index (χ3n) is 3.60. The van der Waals surface area contributed by atoms with Crippen LogP contribution in [0.2, 0.25) is 0 Å². The van der Waals surface area contributed by atoms with Crippen LogP contribution in [0.5, 0.6) is 0 Å². The first-order valence-corrected chi connectivity index (χ1v) is 6.42. The maximum Gasteiger partial charge on any atom is 0.165 e. The van der Waals surface area contributed by atoms with Gasteiger partial charge in [-0.05, 0) is 29.7 Å². The van der Waals surface area contributed by atoms with E-state index in [1.54, 1.807) is 0 Å². The number of ether oxygens (including phenoxy) is 1. The lowest BCUT2D eigenvalue weighted by Crippen LogP contribution is -2.31. The molecule has 1 saturated heterocycles. The Morgan fingerprint density at radius 3 is 3.06 bits per heavy atom. The summed E-state index contributed by atoms with van der Waals surface area (Å²) in [4.78, 5) is 0. The van der Waals surface area contributed by atoms with Gasteiger partial charge in [-0.3, -0.25) is 0 Å². The molecule has 3 rings (SSSR count). The maximum absolute atomic E-state index is 5.46. The molecule has 94 valence electrons. The Labute approximate surface area is 101 Å². The molecule has 1 N–H and O–H groups in total. The molecule has 0 radical (unpaired) electrons. The summed E-state index contributed by atoms with van der Waals surface area (Å²) in [5, 5.41) is 15.5. The monoisotopic (exact) mass is 237 g/mol. The second-order valence-electron chi connectivity index (χ2n) is 5.10. The number of nitrogens with one attached hydrogen (secondary N) is 1. The molecule has 2 heterocycles. The van der Waals surface area contributed by atoms with Crippen LogP contribution in [0, 0.1) is 5.92 Å². The minimum atomic E-state index is 0.384. The lowest BCUT2D eigenvalue weighted by Gasteiger charge is -2.29. The molecule has 1 saturated carbocycles. The van der Waals surface area contributed by atoms with Crippen molar-refractivity contribution in [2.45, 2.75) is 44.8 Å². The molecular weight excluding hydrogens is 218 g/mol. The Morgan fingerprint density at radius 2 is 2.29 bits per heavy atom. The molecule has 1 aromatic heterocycles. The van der Waals surface area contributed by atoms with Crippen molar-refractivity contribution < 1.29 is 4.74 Å². The van der Waals surface area contributed by atoms with Crippen LogP contribution in [0.3, 0.4) is 0 Å². The van der Waals surface area contributed by atoms with E-state index in [-0.39, 0.29) is 0 Å². The summed E-state index contributed by atoms with van der Waals surface area (Å²) in [6, 6.07) is 1.07. The molecule has 2 atom stereocenters. The van der Waals surface area contributed by atoms with Crippen LogP contribution in [0.1, 0.15) is 38.1 Å². The molecule has 1 aliphatic heterocycles. The van der Waals surface area contributed by atoms with E-state index in [0.29, 0.717) is 18.0 Å². The van der Waals surface area contributed by atoms with E-state index in [2.05, 4.69) is 27.8 Å². The maximum atomic E-state index is 5.46. The van der Waals surface area contributed by atoms with Crippen LogP contribution < -0.4 is 5.32 Å². The minimum Gasteiger partial charge on any atom is -0.381 e. The first kappa shape index (κ1) is 11.1. The molecule has 6 nitrogen and oxygen atoms in total. The fourth-order valence-corrected chi connectivity index (χ4v) is 2.34. The van der Waals surface area contributed by atoms with Crippen molar-refractivity contribution in [2.24, 2.45) is 5.92 Å². The van der Waals surface area contributed by atoms with E-state index in [9.17, 15) is 0 Å². The Balaban J connectivity index is 1.69. The third kappa shape index (κ3) is 2.47. The lowest BCUT2D eigenvalue weighted by molar-refractivity contribution is 0.0234. The summed E-state index contributed by atoms with van der Waals surface area (Å²) < 4.78 is 7.45. The summed E-state index contributed by atoms with van der Waals surface area (Å²) >= 11 is 0. The van der Waals surface area contributed by atoms with Crippen LogP contribution in [0.4, 0.5) is 0 Å². The van der Waals surface area contributed by atoms with Crippen LogP contribution in [0.15, 0.2) is 0 Å². The van der Waals surface area contributed by atoms with Crippen LogP contribution in [-0.4, -0.2) is 39.5 Å². The molecule has 0 spiro atoms. The number of tetrazole rings is 1. The highest BCUT2D eigenvalue weighted by molar-refractivity contribution is 4.90. The minimum absolute atomic E-state index is 0.384. The predicted octanol–water partition coefficient (Wildman–Crippen LogP) is 0.523. The van der Waals surface area contributed by atoms with Gasteiger partial charge in [0.2, 0.25) is 0 Å². The lowest BCUT2D eigenvalue weighted by atomic mass is 9.98. The van der Waals surface area contributed by atoms with Gasteiger partial charge in [0.15, 0.2) is 5.82 Å². The molecule has 0 aromatic carbocycles. The van der Waals surface area contributed by atoms with E-state index in [4.69, 9.17) is 4.74 Å². The molecule has 6 heteroatoms. The summed E-state index contributed by atoms with van der Waals surface area (Å²) in [5.74, 6) is 1.43. The number of rotatable bonds is 4. The van der Waals surface area contributed by atoms with Gasteiger partial charge >= 0.3 is 0 Å². The van der Waals surface area contributed by atoms with Crippen molar-refractivity contribution in [1.82, 2.24) is 25.5 Å². The summed E-state index contributed by atoms with van der Waals surface area (Å²) in [5.41, 5.74) is 0.